The number of hydrogen-bond donors (Lipinski definition) is 2. The van der Waals surface area contributed by atoms with Gasteiger partial charge >= 0.3 is 5.97 Å². The summed E-state index contributed by atoms with van der Waals surface area (Å²) in [6, 6.07) is 5.55. The molecule has 2 amide bonds. The molecule has 0 atom stereocenters. The van der Waals surface area contributed by atoms with Crippen LogP contribution in [0.3, 0.4) is 0 Å². The SMILES string of the molecule is CCOC(=O)c1cc(CNCC2CCN(c3nccc(/C=C4\SC(=O)NC4=O)n3)CC2)cnc1-c1ccsc1. The van der Waals surface area contributed by atoms with Crippen molar-refractivity contribution < 1.29 is 19.1 Å². The van der Waals surface area contributed by atoms with Gasteiger partial charge < -0.3 is 15.0 Å². The lowest BCUT2D eigenvalue weighted by molar-refractivity contribution is -0.115. The average molecular weight is 565 g/mol. The third kappa shape index (κ3) is 6.70. The van der Waals surface area contributed by atoms with Crippen LogP contribution in [0.1, 0.15) is 41.4 Å². The summed E-state index contributed by atoms with van der Waals surface area (Å²) >= 11 is 2.44. The first-order chi connectivity index (χ1) is 19.0. The van der Waals surface area contributed by atoms with Crippen LogP contribution in [0.4, 0.5) is 10.7 Å². The van der Waals surface area contributed by atoms with E-state index in [0.29, 0.717) is 46.9 Å². The number of imide groups is 1. The monoisotopic (exact) mass is 564 g/mol. The number of carbonyl (C=O) groups excluding carboxylic acids is 3. The number of aromatic nitrogens is 3. The number of thiophene rings is 1. The van der Waals surface area contributed by atoms with Crippen LogP contribution in [0, 0.1) is 5.92 Å². The molecule has 5 rings (SSSR count). The zero-order valence-electron chi connectivity index (χ0n) is 21.4. The van der Waals surface area contributed by atoms with Crippen LogP contribution in [0.25, 0.3) is 17.3 Å². The Labute approximate surface area is 234 Å². The molecule has 2 saturated heterocycles. The van der Waals surface area contributed by atoms with Gasteiger partial charge in [-0.05, 0) is 79.2 Å². The number of hydrogen-bond acceptors (Lipinski definition) is 11. The Balaban J connectivity index is 1.14. The van der Waals surface area contributed by atoms with Crippen molar-refractivity contribution >= 4 is 52.2 Å². The highest BCUT2D eigenvalue weighted by atomic mass is 32.2. The molecule has 202 valence electrons. The first-order valence-corrected chi connectivity index (χ1v) is 14.5. The number of amides is 2. The molecule has 0 aromatic carbocycles. The molecule has 0 aliphatic carbocycles. The van der Waals surface area contributed by atoms with Crippen molar-refractivity contribution in [2.45, 2.75) is 26.3 Å². The fraction of sp³-hybridized carbons (Fsp3) is 0.333. The number of rotatable bonds is 9. The standard InChI is InChI=1S/C27H28N6O4S2/c1-2-37-25(35)21-11-18(15-30-23(21)19-6-10-38-16-19)14-28-13-17-4-8-33(9-5-17)26-29-7-3-20(31-26)12-22-24(34)32-27(36)39-22/h3,6-7,10-12,15-17,28H,2,4-5,8-9,13-14H2,1H3,(H,32,34,36)/b22-12-. The fourth-order valence-electron chi connectivity index (χ4n) is 4.51. The van der Waals surface area contributed by atoms with Gasteiger partial charge in [-0.25, -0.2) is 14.8 Å². The minimum atomic E-state index is -0.398. The van der Waals surface area contributed by atoms with Crippen LogP contribution in [-0.4, -0.2) is 58.3 Å². The van der Waals surface area contributed by atoms with Crippen molar-refractivity contribution in [3.05, 3.63) is 63.1 Å². The molecule has 0 unspecified atom stereocenters. The molecule has 2 fully saturated rings. The second-order valence-electron chi connectivity index (χ2n) is 9.17. The number of thioether (sulfide) groups is 1. The molecule has 2 aliphatic heterocycles. The smallest absolute Gasteiger partial charge is 0.340 e. The molecule has 12 heteroatoms. The van der Waals surface area contributed by atoms with E-state index in [1.165, 1.54) is 0 Å². The Morgan fingerprint density at radius 1 is 1.26 bits per heavy atom. The van der Waals surface area contributed by atoms with E-state index in [0.717, 1.165) is 55.4 Å². The van der Waals surface area contributed by atoms with Gasteiger partial charge in [0.15, 0.2) is 0 Å². The van der Waals surface area contributed by atoms with Crippen molar-refractivity contribution in [1.29, 1.82) is 0 Å². The molecule has 2 aliphatic rings. The van der Waals surface area contributed by atoms with Crippen LogP contribution >= 0.6 is 23.1 Å². The van der Waals surface area contributed by atoms with Crippen molar-refractivity contribution in [3.63, 3.8) is 0 Å². The van der Waals surface area contributed by atoms with E-state index in [4.69, 9.17) is 4.74 Å². The third-order valence-corrected chi connectivity index (χ3v) is 7.97. The minimum Gasteiger partial charge on any atom is -0.462 e. The fourth-order valence-corrected chi connectivity index (χ4v) is 5.81. The van der Waals surface area contributed by atoms with Crippen molar-refractivity contribution in [2.75, 3.05) is 31.1 Å². The average Bonchev–Trinajstić information content (AvgIpc) is 3.59. The molecule has 3 aromatic heterocycles. The number of nitrogens with one attached hydrogen (secondary N) is 2. The predicted molar refractivity (Wildman–Crippen MR) is 151 cm³/mol. The normalized spacial score (nSPS) is 17.1. The maximum atomic E-state index is 12.6. The van der Waals surface area contributed by atoms with Crippen LogP contribution in [0.15, 0.2) is 46.3 Å². The van der Waals surface area contributed by atoms with E-state index >= 15 is 0 Å². The van der Waals surface area contributed by atoms with Crippen LogP contribution < -0.4 is 15.5 Å². The molecular formula is C27H28N6O4S2. The summed E-state index contributed by atoms with van der Waals surface area (Å²) in [6.07, 6.45) is 7.07. The van der Waals surface area contributed by atoms with Gasteiger partial charge in [0.25, 0.3) is 11.1 Å². The highest BCUT2D eigenvalue weighted by molar-refractivity contribution is 8.18. The molecule has 3 aromatic rings. The Hall–Kier alpha value is -3.61. The summed E-state index contributed by atoms with van der Waals surface area (Å²) in [6.45, 7) is 5.21. The molecule has 0 bridgehead atoms. The molecule has 0 spiro atoms. The zero-order chi connectivity index (χ0) is 27.2. The van der Waals surface area contributed by atoms with Crippen LogP contribution in [0.2, 0.25) is 0 Å². The van der Waals surface area contributed by atoms with E-state index in [1.54, 1.807) is 36.6 Å². The van der Waals surface area contributed by atoms with Gasteiger partial charge in [0.1, 0.15) is 0 Å². The largest absolute Gasteiger partial charge is 0.462 e. The lowest BCUT2D eigenvalue weighted by atomic mass is 9.97. The number of esters is 1. The number of anilines is 1. The Bertz CT molecular complexity index is 1390. The number of nitrogens with zero attached hydrogens (tertiary/aromatic N) is 4. The van der Waals surface area contributed by atoms with E-state index in [1.807, 2.05) is 29.1 Å². The number of carbonyl (C=O) groups is 3. The van der Waals surface area contributed by atoms with E-state index in [-0.39, 0.29) is 11.2 Å². The molecule has 10 nitrogen and oxygen atoms in total. The maximum absolute atomic E-state index is 12.6. The lowest BCUT2D eigenvalue weighted by Crippen LogP contribution is -2.38. The zero-order valence-corrected chi connectivity index (χ0v) is 23.0. The van der Waals surface area contributed by atoms with Gasteiger partial charge in [-0.3, -0.25) is 19.9 Å². The predicted octanol–water partition coefficient (Wildman–Crippen LogP) is 4.11. The van der Waals surface area contributed by atoms with Gasteiger partial charge in [0, 0.05) is 43.0 Å². The Kier molecular flexibility index (Phi) is 8.64. The second kappa shape index (κ2) is 12.5. The van der Waals surface area contributed by atoms with Gasteiger partial charge in [-0.15, -0.1) is 0 Å². The van der Waals surface area contributed by atoms with Crippen molar-refractivity contribution in [3.8, 4) is 11.3 Å². The molecule has 5 heterocycles. The van der Waals surface area contributed by atoms with Crippen molar-refractivity contribution in [1.82, 2.24) is 25.6 Å². The molecule has 2 N–H and O–H groups in total. The third-order valence-electron chi connectivity index (χ3n) is 6.48. The molecule has 0 radical (unpaired) electrons. The Morgan fingerprint density at radius 3 is 2.82 bits per heavy atom. The summed E-state index contributed by atoms with van der Waals surface area (Å²) in [5, 5.41) is 9.34. The first kappa shape index (κ1) is 27.0. The van der Waals surface area contributed by atoms with Gasteiger partial charge in [-0.1, -0.05) is 0 Å². The van der Waals surface area contributed by atoms with E-state index in [2.05, 4.69) is 30.5 Å². The number of piperidine rings is 1. The number of ether oxygens (including phenoxy) is 1. The summed E-state index contributed by atoms with van der Waals surface area (Å²) < 4.78 is 5.27. The topological polar surface area (TPSA) is 126 Å². The first-order valence-electron chi connectivity index (χ1n) is 12.7. The van der Waals surface area contributed by atoms with Gasteiger partial charge in [-0.2, -0.15) is 11.3 Å². The maximum Gasteiger partial charge on any atom is 0.340 e. The summed E-state index contributed by atoms with van der Waals surface area (Å²) in [4.78, 5) is 51.9. The highest BCUT2D eigenvalue weighted by Crippen LogP contribution is 2.27. The summed E-state index contributed by atoms with van der Waals surface area (Å²) in [7, 11) is 0. The molecule has 39 heavy (non-hydrogen) atoms. The molecule has 0 saturated carbocycles. The van der Waals surface area contributed by atoms with E-state index in [9.17, 15) is 14.4 Å². The quantitative estimate of drug-likeness (QED) is 0.290. The Morgan fingerprint density at radius 2 is 2.10 bits per heavy atom. The highest BCUT2D eigenvalue weighted by Gasteiger charge is 2.26. The van der Waals surface area contributed by atoms with Gasteiger partial charge in [0.2, 0.25) is 5.95 Å². The molecular weight excluding hydrogens is 536 g/mol. The van der Waals surface area contributed by atoms with E-state index < -0.39 is 5.91 Å². The summed E-state index contributed by atoms with van der Waals surface area (Å²) in [5.41, 5.74) is 3.58. The summed E-state index contributed by atoms with van der Waals surface area (Å²) in [5.74, 6) is 0.360. The number of pyridine rings is 1. The minimum absolute atomic E-state index is 0.313. The lowest BCUT2D eigenvalue weighted by Gasteiger charge is -2.32. The van der Waals surface area contributed by atoms with Gasteiger partial charge in [0.05, 0.1) is 28.5 Å². The second-order valence-corrected chi connectivity index (χ2v) is 11.0. The van der Waals surface area contributed by atoms with Crippen LogP contribution in [-0.2, 0) is 16.1 Å². The van der Waals surface area contributed by atoms with Crippen LogP contribution in [0.5, 0.6) is 0 Å². The van der Waals surface area contributed by atoms with Crippen molar-refractivity contribution in [2.24, 2.45) is 5.92 Å².